The highest BCUT2D eigenvalue weighted by Gasteiger charge is 2.09. The second-order valence-corrected chi connectivity index (χ2v) is 7.81. The quantitative estimate of drug-likeness (QED) is 0.572. The molecule has 0 radical (unpaired) electrons. The number of amides is 1. The van der Waals surface area contributed by atoms with E-state index in [-0.39, 0.29) is 22.9 Å². The van der Waals surface area contributed by atoms with Crippen molar-refractivity contribution >= 4 is 15.9 Å². The fourth-order valence-corrected chi connectivity index (χ4v) is 3.13. The first kappa shape index (κ1) is 20.4. The summed E-state index contributed by atoms with van der Waals surface area (Å²) in [7, 11) is -3.73. The third kappa shape index (κ3) is 5.56. The molecule has 29 heavy (non-hydrogen) atoms. The molecule has 0 aliphatic rings. The number of nitrogens with zero attached hydrogens (tertiary/aromatic N) is 3. The molecule has 0 unspecified atom stereocenters. The van der Waals surface area contributed by atoms with Gasteiger partial charge >= 0.3 is 0 Å². The Kier molecular flexibility index (Phi) is 6.15. The molecular formula is C19H19N5O4S. The zero-order valence-corrected chi connectivity index (χ0v) is 16.2. The molecule has 9 nitrogen and oxygen atoms in total. The second-order valence-electron chi connectivity index (χ2n) is 6.25. The van der Waals surface area contributed by atoms with Crippen LogP contribution >= 0.6 is 0 Å². The Balaban J connectivity index is 1.58. The van der Waals surface area contributed by atoms with Gasteiger partial charge in [-0.3, -0.25) is 14.6 Å². The van der Waals surface area contributed by atoms with Crippen molar-refractivity contribution in [1.82, 2.24) is 20.1 Å². The summed E-state index contributed by atoms with van der Waals surface area (Å²) in [6.07, 6.45) is 3.75. The molecule has 0 aliphatic carbocycles. The normalized spacial score (nSPS) is 11.2. The number of aromatic nitrogens is 3. The maximum Gasteiger partial charge on any atom is 0.267 e. The fraction of sp³-hybridized carbons (Fsp3) is 0.158. The van der Waals surface area contributed by atoms with Crippen molar-refractivity contribution in [2.45, 2.75) is 17.9 Å². The fourth-order valence-electron chi connectivity index (χ4n) is 2.61. The standard InChI is InChI=1S/C19H19N5O4S/c20-29(27,28)16-5-3-14(4-6-16)9-11-22-18(25)13-24-19(26)8-7-17(23-24)15-2-1-10-21-12-15/h1-8,10,12H,9,11,13H2,(H,22,25)(H2,20,27,28). The average molecular weight is 413 g/mol. The van der Waals surface area contributed by atoms with Crippen molar-refractivity contribution in [2.75, 3.05) is 6.54 Å². The third-order valence-electron chi connectivity index (χ3n) is 4.11. The van der Waals surface area contributed by atoms with E-state index in [1.807, 2.05) is 6.07 Å². The Bertz CT molecular complexity index is 1160. The zero-order chi connectivity index (χ0) is 20.9. The third-order valence-corrected chi connectivity index (χ3v) is 5.03. The first-order chi connectivity index (χ1) is 13.8. The van der Waals surface area contributed by atoms with E-state index < -0.39 is 10.0 Å². The first-order valence-electron chi connectivity index (χ1n) is 8.70. The van der Waals surface area contributed by atoms with E-state index in [2.05, 4.69) is 15.4 Å². The van der Waals surface area contributed by atoms with Crippen LogP contribution in [0.3, 0.4) is 0 Å². The van der Waals surface area contributed by atoms with Gasteiger partial charge in [0.1, 0.15) is 6.54 Å². The predicted molar refractivity (Wildman–Crippen MR) is 106 cm³/mol. The summed E-state index contributed by atoms with van der Waals surface area (Å²) in [4.78, 5) is 28.2. The Morgan fingerprint density at radius 2 is 1.86 bits per heavy atom. The van der Waals surface area contributed by atoms with Gasteiger partial charge in [-0.15, -0.1) is 0 Å². The lowest BCUT2D eigenvalue weighted by Gasteiger charge is -2.08. The van der Waals surface area contributed by atoms with Crippen LogP contribution in [-0.4, -0.2) is 35.6 Å². The van der Waals surface area contributed by atoms with Crippen LogP contribution in [0.25, 0.3) is 11.3 Å². The van der Waals surface area contributed by atoms with Gasteiger partial charge in [0, 0.05) is 30.6 Å². The number of hydrogen-bond donors (Lipinski definition) is 2. The molecule has 0 atom stereocenters. The monoisotopic (exact) mass is 413 g/mol. The molecule has 0 saturated carbocycles. The van der Waals surface area contributed by atoms with Gasteiger partial charge in [-0.2, -0.15) is 5.10 Å². The van der Waals surface area contributed by atoms with E-state index in [1.54, 1.807) is 36.7 Å². The molecule has 1 amide bonds. The summed E-state index contributed by atoms with van der Waals surface area (Å²) in [5.74, 6) is -0.357. The number of carbonyl (C=O) groups is 1. The number of pyridine rings is 1. The summed E-state index contributed by atoms with van der Waals surface area (Å²) in [5, 5.41) is 12.0. The van der Waals surface area contributed by atoms with Crippen molar-refractivity contribution in [3.63, 3.8) is 0 Å². The largest absolute Gasteiger partial charge is 0.354 e. The summed E-state index contributed by atoms with van der Waals surface area (Å²) < 4.78 is 23.6. The molecule has 0 saturated heterocycles. The van der Waals surface area contributed by atoms with Gasteiger partial charge in [0.15, 0.2) is 0 Å². The van der Waals surface area contributed by atoms with E-state index in [1.165, 1.54) is 18.2 Å². The van der Waals surface area contributed by atoms with E-state index >= 15 is 0 Å². The first-order valence-corrected chi connectivity index (χ1v) is 10.2. The van der Waals surface area contributed by atoms with Crippen LogP contribution in [0.2, 0.25) is 0 Å². The number of sulfonamides is 1. The molecule has 10 heteroatoms. The molecule has 0 spiro atoms. The van der Waals surface area contributed by atoms with E-state index in [9.17, 15) is 18.0 Å². The van der Waals surface area contributed by atoms with E-state index in [4.69, 9.17) is 5.14 Å². The lowest BCUT2D eigenvalue weighted by molar-refractivity contribution is -0.121. The van der Waals surface area contributed by atoms with Crippen molar-refractivity contribution in [3.05, 3.63) is 76.8 Å². The lowest BCUT2D eigenvalue weighted by atomic mass is 10.1. The van der Waals surface area contributed by atoms with Crippen LogP contribution < -0.4 is 16.0 Å². The van der Waals surface area contributed by atoms with Gasteiger partial charge in [0.25, 0.3) is 5.56 Å². The lowest BCUT2D eigenvalue weighted by Crippen LogP contribution is -2.34. The summed E-state index contributed by atoms with van der Waals surface area (Å²) >= 11 is 0. The van der Waals surface area contributed by atoms with Gasteiger partial charge < -0.3 is 5.32 Å². The van der Waals surface area contributed by atoms with E-state index in [0.29, 0.717) is 18.7 Å². The van der Waals surface area contributed by atoms with Gasteiger partial charge in [0.2, 0.25) is 15.9 Å². The number of rotatable bonds is 7. The van der Waals surface area contributed by atoms with Crippen LogP contribution in [0, 0.1) is 0 Å². The molecule has 3 rings (SSSR count). The Morgan fingerprint density at radius 3 is 2.52 bits per heavy atom. The smallest absolute Gasteiger partial charge is 0.267 e. The number of benzene rings is 1. The van der Waals surface area contributed by atoms with Crippen LogP contribution in [0.4, 0.5) is 0 Å². The van der Waals surface area contributed by atoms with Crippen LogP contribution in [0.1, 0.15) is 5.56 Å². The minimum atomic E-state index is -3.73. The van der Waals surface area contributed by atoms with Crippen LogP contribution in [0.15, 0.2) is 70.6 Å². The Labute approximate surface area is 167 Å². The molecule has 3 N–H and O–H groups in total. The highest BCUT2D eigenvalue weighted by molar-refractivity contribution is 7.89. The number of nitrogens with one attached hydrogen (secondary N) is 1. The number of carbonyl (C=O) groups excluding carboxylic acids is 1. The average Bonchev–Trinajstić information content (AvgIpc) is 2.70. The number of nitrogens with two attached hydrogens (primary N) is 1. The second kappa shape index (κ2) is 8.76. The SMILES string of the molecule is NS(=O)(=O)c1ccc(CCNC(=O)Cn2nc(-c3cccnc3)ccc2=O)cc1. The molecule has 2 aromatic heterocycles. The molecule has 0 fully saturated rings. The molecule has 150 valence electrons. The number of hydrogen-bond acceptors (Lipinski definition) is 6. The van der Waals surface area contributed by atoms with Crippen LogP contribution in [-0.2, 0) is 27.8 Å². The van der Waals surface area contributed by atoms with Gasteiger partial charge in [-0.05, 0) is 42.3 Å². The maximum atomic E-state index is 12.2. The van der Waals surface area contributed by atoms with Crippen molar-refractivity contribution in [1.29, 1.82) is 0 Å². The Hall–Kier alpha value is -3.37. The van der Waals surface area contributed by atoms with Gasteiger partial charge in [0.05, 0.1) is 10.6 Å². The molecule has 3 aromatic rings. The molecule has 0 bridgehead atoms. The molecular weight excluding hydrogens is 394 g/mol. The highest BCUT2D eigenvalue weighted by Crippen LogP contribution is 2.12. The zero-order valence-electron chi connectivity index (χ0n) is 15.4. The topological polar surface area (TPSA) is 137 Å². The molecule has 2 heterocycles. The molecule has 1 aromatic carbocycles. The summed E-state index contributed by atoms with van der Waals surface area (Å²) in [5.41, 5.74) is 1.74. The molecule has 0 aliphatic heterocycles. The van der Waals surface area contributed by atoms with Crippen molar-refractivity contribution < 1.29 is 13.2 Å². The minimum Gasteiger partial charge on any atom is -0.354 e. The van der Waals surface area contributed by atoms with Crippen LogP contribution in [0.5, 0.6) is 0 Å². The van der Waals surface area contributed by atoms with Crippen molar-refractivity contribution in [3.8, 4) is 11.3 Å². The van der Waals surface area contributed by atoms with Gasteiger partial charge in [-0.1, -0.05) is 12.1 Å². The Morgan fingerprint density at radius 1 is 1.10 bits per heavy atom. The van der Waals surface area contributed by atoms with Crippen molar-refractivity contribution in [2.24, 2.45) is 5.14 Å². The predicted octanol–water partition coefficient (Wildman–Crippen LogP) is 0.312. The summed E-state index contributed by atoms with van der Waals surface area (Å²) in [6.45, 7) is 0.113. The number of primary sulfonamides is 1. The highest BCUT2D eigenvalue weighted by atomic mass is 32.2. The maximum absolute atomic E-state index is 12.2. The summed E-state index contributed by atoms with van der Waals surface area (Å²) in [6, 6.07) is 12.6. The van der Waals surface area contributed by atoms with Gasteiger partial charge in [-0.25, -0.2) is 18.2 Å². The van der Waals surface area contributed by atoms with E-state index in [0.717, 1.165) is 15.8 Å². The minimum absolute atomic E-state index is 0.0317.